The molecule has 190 valence electrons. The van der Waals surface area contributed by atoms with Crippen LogP contribution in [0.1, 0.15) is 41.0 Å². The van der Waals surface area contributed by atoms with Crippen LogP contribution in [0.3, 0.4) is 0 Å². The summed E-state index contributed by atoms with van der Waals surface area (Å²) < 4.78 is 20.7. The largest absolute Gasteiger partial charge is 0.490 e. The SMILES string of the molecule is COC(=O)c1c(OC[C@H]2CCCCO2)cc(=O)n2c1CCN(Cc1cccn1-c1cccnc1)CC2. The van der Waals surface area contributed by atoms with E-state index in [0.29, 0.717) is 57.1 Å². The Bertz CT molecular complexity index is 1250. The molecule has 1 fully saturated rings. The molecule has 0 unspecified atom stereocenters. The minimum Gasteiger partial charge on any atom is -0.490 e. The van der Waals surface area contributed by atoms with E-state index in [-0.39, 0.29) is 17.4 Å². The molecule has 5 rings (SSSR count). The molecule has 0 saturated carbocycles. The highest BCUT2D eigenvalue weighted by molar-refractivity contribution is 5.93. The molecule has 0 spiro atoms. The van der Waals surface area contributed by atoms with Gasteiger partial charge in [-0.05, 0) is 43.5 Å². The van der Waals surface area contributed by atoms with E-state index in [0.717, 1.165) is 30.6 Å². The standard InChI is InChI=1S/C27H32N4O5/c1-34-27(33)26-23-9-12-29(18-21-7-5-11-30(21)20-6-4-10-28-17-20)13-14-31(23)25(32)16-24(26)36-19-22-8-2-3-15-35-22/h4-7,10-11,16-17,22H,2-3,8-9,12-15,18-19H2,1H3/t22-/m1/s1. The van der Waals surface area contributed by atoms with Crippen molar-refractivity contribution >= 4 is 5.97 Å². The number of methoxy groups -OCH3 is 1. The second-order valence-electron chi connectivity index (χ2n) is 9.22. The fraction of sp³-hybridized carbons (Fsp3) is 0.444. The van der Waals surface area contributed by atoms with Gasteiger partial charge in [-0.15, -0.1) is 0 Å². The molecule has 0 aromatic carbocycles. The van der Waals surface area contributed by atoms with Crippen molar-refractivity contribution in [2.45, 2.75) is 44.9 Å². The summed E-state index contributed by atoms with van der Waals surface area (Å²) in [6, 6.07) is 9.48. The fourth-order valence-electron chi connectivity index (χ4n) is 5.03. The summed E-state index contributed by atoms with van der Waals surface area (Å²) in [6.45, 7) is 3.59. The molecule has 5 heterocycles. The van der Waals surface area contributed by atoms with E-state index in [2.05, 4.69) is 20.5 Å². The number of aromatic nitrogens is 3. The van der Waals surface area contributed by atoms with Gasteiger partial charge in [0.15, 0.2) is 0 Å². The van der Waals surface area contributed by atoms with Gasteiger partial charge in [-0.3, -0.25) is 14.7 Å². The molecule has 2 aliphatic heterocycles. The van der Waals surface area contributed by atoms with Crippen molar-refractivity contribution in [3.05, 3.63) is 76.2 Å². The highest BCUT2D eigenvalue weighted by atomic mass is 16.5. The van der Waals surface area contributed by atoms with Crippen LogP contribution >= 0.6 is 0 Å². The van der Waals surface area contributed by atoms with Crippen molar-refractivity contribution in [2.75, 3.05) is 33.4 Å². The van der Waals surface area contributed by atoms with Crippen molar-refractivity contribution in [3.8, 4) is 11.4 Å². The molecule has 0 N–H and O–H groups in total. The maximum Gasteiger partial charge on any atom is 0.343 e. The number of carbonyl (C=O) groups is 1. The van der Waals surface area contributed by atoms with Crippen LogP contribution in [-0.2, 0) is 29.0 Å². The Balaban J connectivity index is 1.36. The molecule has 3 aromatic heterocycles. The maximum absolute atomic E-state index is 13.1. The Morgan fingerprint density at radius 3 is 2.89 bits per heavy atom. The van der Waals surface area contributed by atoms with Crippen molar-refractivity contribution in [2.24, 2.45) is 0 Å². The monoisotopic (exact) mass is 492 g/mol. The molecule has 36 heavy (non-hydrogen) atoms. The first-order valence-corrected chi connectivity index (χ1v) is 12.5. The van der Waals surface area contributed by atoms with Crippen LogP contribution in [0.15, 0.2) is 53.7 Å². The van der Waals surface area contributed by atoms with E-state index in [4.69, 9.17) is 14.2 Å². The van der Waals surface area contributed by atoms with E-state index >= 15 is 0 Å². The molecular weight excluding hydrogens is 460 g/mol. The zero-order chi connectivity index (χ0) is 24.9. The molecule has 0 radical (unpaired) electrons. The summed E-state index contributed by atoms with van der Waals surface area (Å²) in [6.07, 6.45) is 9.17. The van der Waals surface area contributed by atoms with Crippen LogP contribution in [0.25, 0.3) is 5.69 Å². The number of hydrogen-bond donors (Lipinski definition) is 0. The van der Waals surface area contributed by atoms with Gasteiger partial charge in [-0.1, -0.05) is 0 Å². The van der Waals surface area contributed by atoms with E-state index in [1.807, 2.05) is 30.6 Å². The van der Waals surface area contributed by atoms with E-state index in [1.165, 1.54) is 13.2 Å². The predicted octanol–water partition coefficient (Wildman–Crippen LogP) is 2.83. The van der Waals surface area contributed by atoms with Crippen LogP contribution in [0.2, 0.25) is 0 Å². The summed E-state index contributed by atoms with van der Waals surface area (Å²) in [5.41, 5.74) is 2.97. The molecule has 9 heteroatoms. The first-order valence-electron chi connectivity index (χ1n) is 12.5. The Morgan fingerprint density at radius 1 is 1.19 bits per heavy atom. The highest BCUT2D eigenvalue weighted by Crippen LogP contribution is 2.26. The van der Waals surface area contributed by atoms with Crippen LogP contribution in [0.5, 0.6) is 5.75 Å². The molecule has 0 aliphatic carbocycles. The van der Waals surface area contributed by atoms with Gasteiger partial charge in [0, 0.05) is 69.1 Å². The smallest absolute Gasteiger partial charge is 0.343 e. The van der Waals surface area contributed by atoms with Gasteiger partial charge in [0.1, 0.15) is 17.9 Å². The number of fused-ring (bicyclic) bond motifs is 1. The summed E-state index contributed by atoms with van der Waals surface area (Å²) in [5.74, 6) is -0.205. The highest BCUT2D eigenvalue weighted by Gasteiger charge is 2.27. The quantitative estimate of drug-likeness (QED) is 0.469. The summed E-state index contributed by atoms with van der Waals surface area (Å²) in [4.78, 5) is 32.5. The molecule has 2 aliphatic rings. The summed E-state index contributed by atoms with van der Waals surface area (Å²) in [5, 5.41) is 0. The van der Waals surface area contributed by atoms with Gasteiger partial charge < -0.3 is 23.3 Å². The molecule has 1 saturated heterocycles. The number of ether oxygens (including phenoxy) is 3. The van der Waals surface area contributed by atoms with E-state index in [1.54, 1.807) is 10.8 Å². The molecular formula is C27H32N4O5. The molecule has 1 atom stereocenters. The summed E-state index contributed by atoms with van der Waals surface area (Å²) in [7, 11) is 1.36. The molecule has 3 aromatic rings. The number of hydrogen-bond acceptors (Lipinski definition) is 7. The van der Waals surface area contributed by atoms with E-state index < -0.39 is 5.97 Å². The van der Waals surface area contributed by atoms with Crippen LogP contribution in [0, 0.1) is 0 Å². The summed E-state index contributed by atoms with van der Waals surface area (Å²) >= 11 is 0. The van der Waals surface area contributed by atoms with Gasteiger partial charge in [-0.25, -0.2) is 4.79 Å². The van der Waals surface area contributed by atoms with Gasteiger partial charge in [0.05, 0.1) is 25.1 Å². The Labute approximate surface area is 210 Å². The Morgan fingerprint density at radius 2 is 2.11 bits per heavy atom. The minimum atomic E-state index is -0.489. The van der Waals surface area contributed by atoms with E-state index in [9.17, 15) is 9.59 Å². The molecule has 9 nitrogen and oxygen atoms in total. The van der Waals surface area contributed by atoms with Crippen molar-refractivity contribution in [3.63, 3.8) is 0 Å². The lowest BCUT2D eigenvalue weighted by Gasteiger charge is -2.24. The normalized spacial score (nSPS) is 18.3. The average Bonchev–Trinajstić information content (AvgIpc) is 3.27. The third kappa shape index (κ3) is 5.22. The second kappa shape index (κ2) is 11.1. The van der Waals surface area contributed by atoms with Gasteiger partial charge in [0.25, 0.3) is 5.56 Å². The topological polar surface area (TPSA) is 87.8 Å². The van der Waals surface area contributed by atoms with Crippen LogP contribution in [0.4, 0.5) is 0 Å². The van der Waals surface area contributed by atoms with Crippen LogP contribution in [-0.4, -0.2) is 64.5 Å². The van der Waals surface area contributed by atoms with Crippen molar-refractivity contribution < 1.29 is 19.0 Å². The lowest BCUT2D eigenvalue weighted by atomic mass is 10.1. The molecule has 0 bridgehead atoms. The molecule has 0 amide bonds. The minimum absolute atomic E-state index is 0.0302. The maximum atomic E-state index is 13.1. The lowest BCUT2D eigenvalue weighted by molar-refractivity contribution is -0.0114. The predicted molar refractivity (Wildman–Crippen MR) is 134 cm³/mol. The average molecular weight is 493 g/mol. The number of nitrogens with zero attached hydrogens (tertiary/aromatic N) is 4. The third-order valence-electron chi connectivity index (χ3n) is 6.92. The number of carbonyl (C=O) groups excluding carboxylic acids is 1. The van der Waals surface area contributed by atoms with Gasteiger partial charge >= 0.3 is 5.97 Å². The van der Waals surface area contributed by atoms with Crippen molar-refractivity contribution in [1.82, 2.24) is 19.0 Å². The Hall–Kier alpha value is -3.43. The fourth-order valence-corrected chi connectivity index (χ4v) is 5.03. The first kappa shape index (κ1) is 24.3. The number of pyridine rings is 2. The number of rotatable bonds is 7. The van der Waals surface area contributed by atoms with Gasteiger partial charge in [0.2, 0.25) is 0 Å². The van der Waals surface area contributed by atoms with Gasteiger partial charge in [-0.2, -0.15) is 0 Å². The third-order valence-corrected chi connectivity index (χ3v) is 6.92. The van der Waals surface area contributed by atoms with Crippen molar-refractivity contribution in [1.29, 1.82) is 0 Å². The zero-order valence-electron chi connectivity index (χ0n) is 20.6. The zero-order valence-corrected chi connectivity index (χ0v) is 20.6. The first-order chi connectivity index (χ1) is 17.6. The number of esters is 1. The second-order valence-corrected chi connectivity index (χ2v) is 9.22. The Kier molecular flexibility index (Phi) is 7.48. The lowest BCUT2D eigenvalue weighted by Crippen LogP contribution is -2.30. The van der Waals surface area contributed by atoms with Crippen LogP contribution < -0.4 is 10.3 Å².